The van der Waals surface area contributed by atoms with E-state index in [2.05, 4.69) is 0 Å². The lowest BCUT2D eigenvalue weighted by Gasteiger charge is -2.35. The number of carboxylic acids is 1. The molecule has 0 aromatic heterocycles. The first kappa shape index (κ1) is 21.3. The van der Waals surface area contributed by atoms with E-state index in [0.29, 0.717) is 13.0 Å². The summed E-state index contributed by atoms with van der Waals surface area (Å²) >= 11 is 0. The normalized spacial score (nSPS) is 28.7. The van der Waals surface area contributed by atoms with Crippen molar-refractivity contribution in [2.24, 2.45) is 0 Å². The highest BCUT2D eigenvalue weighted by atomic mass is 16.7. The van der Waals surface area contributed by atoms with Gasteiger partial charge < -0.3 is 29.9 Å². The first-order valence-corrected chi connectivity index (χ1v) is 8.93. The summed E-state index contributed by atoms with van der Waals surface area (Å²) in [6.07, 6.45) is 3.31. The second-order valence-electron chi connectivity index (χ2n) is 6.61. The van der Waals surface area contributed by atoms with Crippen molar-refractivity contribution in [1.82, 2.24) is 0 Å². The molecule has 0 bridgehead atoms. The highest BCUT2D eigenvalue weighted by Crippen LogP contribution is 2.21. The van der Waals surface area contributed by atoms with Gasteiger partial charge in [0, 0.05) is 13.0 Å². The number of aliphatic carboxylic acids is 1. The largest absolute Gasteiger partial charge is 0.481 e. The number of ether oxygens (including phenoxy) is 2. The van der Waals surface area contributed by atoms with Gasteiger partial charge in [-0.05, 0) is 19.8 Å². The Morgan fingerprint density at radius 1 is 1.12 bits per heavy atom. The highest BCUT2D eigenvalue weighted by Gasteiger charge is 2.34. The van der Waals surface area contributed by atoms with Crippen LogP contribution in [0.2, 0.25) is 0 Å². The molecule has 7 nitrogen and oxygen atoms in total. The molecule has 142 valence electrons. The van der Waals surface area contributed by atoms with E-state index in [0.717, 1.165) is 38.5 Å². The molecule has 0 amide bonds. The average Bonchev–Trinajstić information content (AvgIpc) is 2.49. The lowest BCUT2D eigenvalue weighted by Crippen LogP contribution is -2.47. The first-order chi connectivity index (χ1) is 11.4. The second kappa shape index (κ2) is 11.8. The van der Waals surface area contributed by atoms with Crippen LogP contribution in [-0.2, 0) is 14.3 Å². The van der Waals surface area contributed by atoms with Crippen LogP contribution in [0.5, 0.6) is 0 Å². The van der Waals surface area contributed by atoms with Crippen molar-refractivity contribution in [3.05, 3.63) is 0 Å². The number of aliphatic hydroxyl groups is 3. The molecule has 1 saturated heterocycles. The summed E-state index contributed by atoms with van der Waals surface area (Å²) in [6.45, 7) is 2.28. The average molecular weight is 348 g/mol. The lowest BCUT2D eigenvalue weighted by molar-refractivity contribution is -0.261. The van der Waals surface area contributed by atoms with Gasteiger partial charge in [0.15, 0.2) is 6.29 Å². The Balaban J connectivity index is 1.93. The van der Waals surface area contributed by atoms with E-state index in [1.807, 2.05) is 0 Å². The number of unbranched alkanes of at least 4 members (excludes halogenated alkanes) is 5. The topological polar surface area (TPSA) is 116 Å². The fourth-order valence-corrected chi connectivity index (χ4v) is 2.79. The number of rotatable bonds is 12. The van der Waals surface area contributed by atoms with E-state index < -0.39 is 30.6 Å². The van der Waals surface area contributed by atoms with Crippen LogP contribution in [0.4, 0.5) is 0 Å². The van der Waals surface area contributed by atoms with Gasteiger partial charge in [-0.2, -0.15) is 0 Å². The van der Waals surface area contributed by atoms with Crippen molar-refractivity contribution in [2.75, 3.05) is 6.61 Å². The number of carbonyl (C=O) groups is 1. The van der Waals surface area contributed by atoms with Crippen molar-refractivity contribution in [3.63, 3.8) is 0 Å². The lowest BCUT2D eigenvalue weighted by atomic mass is 10.0. The fraction of sp³-hybridized carbons (Fsp3) is 0.941. The van der Waals surface area contributed by atoms with Crippen molar-refractivity contribution in [1.29, 1.82) is 0 Å². The minimum absolute atomic E-state index is 0.178. The van der Waals surface area contributed by atoms with E-state index in [1.54, 1.807) is 6.92 Å². The van der Waals surface area contributed by atoms with Gasteiger partial charge in [-0.1, -0.05) is 32.1 Å². The SMILES string of the molecule is CC1OC(OCCCCCCCCC(O)CC(=O)O)C(O)CC1O. The second-order valence-corrected chi connectivity index (χ2v) is 6.61. The van der Waals surface area contributed by atoms with Gasteiger partial charge in [-0.3, -0.25) is 4.79 Å². The smallest absolute Gasteiger partial charge is 0.305 e. The van der Waals surface area contributed by atoms with E-state index in [9.17, 15) is 20.1 Å². The van der Waals surface area contributed by atoms with Gasteiger partial charge in [0.2, 0.25) is 0 Å². The summed E-state index contributed by atoms with van der Waals surface area (Å²) in [6, 6.07) is 0. The van der Waals surface area contributed by atoms with Crippen molar-refractivity contribution in [3.8, 4) is 0 Å². The summed E-state index contributed by atoms with van der Waals surface area (Å²) in [4.78, 5) is 10.4. The van der Waals surface area contributed by atoms with Crippen LogP contribution in [0.25, 0.3) is 0 Å². The van der Waals surface area contributed by atoms with Crippen molar-refractivity contribution >= 4 is 5.97 Å². The Kier molecular flexibility index (Phi) is 10.4. The quantitative estimate of drug-likeness (QED) is 0.394. The maximum Gasteiger partial charge on any atom is 0.305 e. The zero-order valence-electron chi connectivity index (χ0n) is 14.5. The molecule has 7 heteroatoms. The zero-order chi connectivity index (χ0) is 17.9. The Morgan fingerprint density at radius 2 is 1.75 bits per heavy atom. The molecular weight excluding hydrogens is 316 g/mol. The third-order valence-corrected chi connectivity index (χ3v) is 4.31. The molecule has 0 aromatic rings. The van der Waals surface area contributed by atoms with E-state index in [-0.39, 0.29) is 18.9 Å². The molecule has 1 heterocycles. The monoisotopic (exact) mass is 348 g/mol. The molecule has 0 aliphatic carbocycles. The van der Waals surface area contributed by atoms with Crippen LogP contribution >= 0.6 is 0 Å². The molecule has 24 heavy (non-hydrogen) atoms. The summed E-state index contributed by atoms with van der Waals surface area (Å²) in [5, 5.41) is 37.3. The molecule has 1 aliphatic rings. The molecule has 1 aliphatic heterocycles. The van der Waals surface area contributed by atoms with Gasteiger partial charge in [0.25, 0.3) is 0 Å². The number of hydrogen-bond acceptors (Lipinski definition) is 6. The number of carboxylic acid groups (broad SMARTS) is 1. The Labute approximate surface area is 143 Å². The van der Waals surface area contributed by atoms with E-state index in [4.69, 9.17) is 14.6 Å². The van der Waals surface area contributed by atoms with Crippen LogP contribution in [0, 0.1) is 0 Å². The van der Waals surface area contributed by atoms with Crippen LogP contribution in [0.1, 0.15) is 64.7 Å². The van der Waals surface area contributed by atoms with Gasteiger partial charge in [0.05, 0.1) is 24.7 Å². The first-order valence-electron chi connectivity index (χ1n) is 8.93. The summed E-state index contributed by atoms with van der Waals surface area (Å²) in [5.74, 6) is -0.960. The summed E-state index contributed by atoms with van der Waals surface area (Å²) in [7, 11) is 0. The maximum atomic E-state index is 10.4. The summed E-state index contributed by atoms with van der Waals surface area (Å²) in [5.41, 5.74) is 0. The fourth-order valence-electron chi connectivity index (χ4n) is 2.79. The highest BCUT2D eigenvalue weighted by molar-refractivity contribution is 5.67. The molecule has 0 spiro atoms. The van der Waals surface area contributed by atoms with Gasteiger partial charge in [-0.25, -0.2) is 0 Å². The Bertz CT molecular complexity index is 350. The third-order valence-electron chi connectivity index (χ3n) is 4.31. The minimum atomic E-state index is -0.960. The predicted octanol–water partition coefficient (Wildman–Crippen LogP) is 1.43. The maximum absolute atomic E-state index is 10.4. The molecule has 5 atom stereocenters. The van der Waals surface area contributed by atoms with Crippen LogP contribution in [-0.4, -0.2) is 63.7 Å². The minimum Gasteiger partial charge on any atom is -0.481 e. The number of hydrogen-bond donors (Lipinski definition) is 4. The molecular formula is C17H32O7. The molecule has 1 fully saturated rings. The van der Waals surface area contributed by atoms with Crippen LogP contribution in [0.15, 0.2) is 0 Å². The van der Waals surface area contributed by atoms with Gasteiger partial charge in [-0.15, -0.1) is 0 Å². The molecule has 4 N–H and O–H groups in total. The molecule has 1 rings (SSSR count). The third kappa shape index (κ3) is 8.94. The summed E-state index contributed by atoms with van der Waals surface area (Å²) < 4.78 is 11.0. The Hall–Kier alpha value is -0.730. The van der Waals surface area contributed by atoms with Gasteiger partial charge >= 0.3 is 5.97 Å². The van der Waals surface area contributed by atoms with Crippen molar-refractivity contribution < 1.29 is 34.7 Å². The van der Waals surface area contributed by atoms with E-state index in [1.165, 1.54) is 0 Å². The zero-order valence-corrected chi connectivity index (χ0v) is 14.5. The van der Waals surface area contributed by atoms with Crippen molar-refractivity contribution in [2.45, 2.75) is 95.4 Å². The molecule has 0 radical (unpaired) electrons. The molecule has 0 saturated carbocycles. The molecule has 0 aromatic carbocycles. The standard InChI is InChI=1S/C17H32O7/c1-12-14(19)11-15(20)17(24-12)23-9-7-5-3-2-4-6-8-13(18)10-16(21)22/h12-15,17-20H,2-11H2,1H3,(H,21,22). The number of aliphatic hydroxyl groups excluding tert-OH is 3. The predicted molar refractivity (Wildman–Crippen MR) is 87.5 cm³/mol. The Morgan fingerprint density at radius 3 is 2.42 bits per heavy atom. The van der Waals surface area contributed by atoms with Crippen LogP contribution in [0.3, 0.4) is 0 Å². The molecule has 5 unspecified atom stereocenters. The van der Waals surface area contributed by atoms with Crippen LogP contribution < -0.4 is 0 Å². The van der Waals surface area contributed by atoms with E-state index >= 15 is 0 Å². The van der Waals surface area contributed by atoms with Gasteiger partial charge in [0.1, 0.15) is 6.10 Å².